The first-order chi connectivity index (χ1) is 10.6. The number of aromatic nitrogens is 3. The smallest absolute Gasteiger partial charge is 0.275 e. The number of nitrogens with one attached hydrogen (secondary N) is 1. The monoisotopic (exact) mass is 305 g/mol. The maximum atomic E-state index is 13.8. The summed E-state index contributed by atoms with van der Waals surface area (Å²) in [5.74, 6) is -2.06. The average Bonchev–Trinajstić information content (AvgIpc) is 2.95. The van der Waals surface area contributed by atoms with E-state index in [1.54, 1.807) is 24.5 Å². The summed E-state index contributed by atoms with van der Waals surface area (Å²) in [5, 5.41) is 17.2. The zero-order valence-corrected chi connectivity index (χ0v) is 11.0. The fraction of sp³-hybridized carbons (Fsp3) is 0.0769. The third-order valence-electron chi connectivity index (χ3n) is 3.05. The van der Waals surface area contributed by atoms with Gasteiger partial charge in [-0.1, -0.05) is 0 Å². The summed E-state index contributed by atoms with van der Waals surface area (Å²) in [5.41, 5.74) is 0.165. The van der Waals surface area contributed by atoms with Gasteiger partial charge in [-0.3, -0.25) is 10.1 Å². The summed E-state index contributed by atoms with van der Waals surface area (Å²) in [6, 6.07) is 4.67. The van der Waals surface area contributed by atoms with Gasteiger partial charge in [-0.15, -0.1) is 0 Å². The van der Waals surface area contributed by atoms with Crippen molar-refractivity contribution in [1.82, 2.24) is 14.6 Å². The molecule has 0 saturated carbocycles. The Hall–Kier alpha value is -3.10. The van der Waals surface area contributed by atoms with Crippen LogP contribution in [-0.4, -0.2) is 19.5 Å². The SMILES string of the molecule is O=[N+]([O-])c1cc(F)c(NCc2ccnc3ccnn23)c(F)c1. The van der Waals surface area contributed by atoms with Gasteiger partial charge in [0.15, 0.2) is 17.3 Å². The van der Waals surface area contributed by atoms with Crippen LogP contribution in [-0.2, 0) is 6.54 Å². The van der Waals surface area contributed by atoms with E-state index in [4.69, 9.17) is 0 Å². The summed E-state index contributed by atoms with van der Waals surface area (Å²) in [7, 11) is 0. The Morgan fingerprint density at radius 2 is 1.95 bits per heavy atom. The van der Waals surface area contributed by atoms with Crippen molar-refractivity contribution in [3.8, 4) is 0 Å². The van der Waals surface area contributed by atoms with Gasteiger partial charge in [-0.25, -0.2) is 18.3 Å². The molecule has 1 aromatic carbocycles. The predicted molar refractivity (Wildman–Crippen MR) is 73.3 cm³/mol. The number of nitro benzene ring substituents is 1. The quantitative estimate of drug-likeness (QED) is 0.591. The zero-order chi connectivity index (χ0) is 15.7. The van der Waals surface area contributed by atoms with Crippen molar-refractivity contribution >= 4 is 17.0 Å². The van der Waals surface area contributed by atoms with Crippen molar-refractivity contribution in [2.75, 3.05) is 5.32 Å². The Balaban J connectivity index is 1.88. The molecule has 7 nitrogen and oxygen atoms in total. The van der Waals surface area contributed by atoms with E-state index in [9.17, 15) is 18.9 Å². The molecule has 0 atom stereocenters. The lowest BCUT2D eigenvalue weighted by Gasteiger charge is -2.09. The Morgan fingerprint density at radius 3 is 2.64 bits per heavy atom. The first kappa shape index (κ1) is 13.9. The molecule has 0 radical (unpaired) electrons. The molecule has 0 bridgehead atoms. The number of fused-ring (bicyclic) bond motifs is 1. The van der Waals surface area contributed by atoms with Gasteiger partial charge in [0.1, 0.15) is 5.69 Å². The Kier molecular flexibility index (Phi) is 3.37. The first-order valence-corrected chi connectivity index (χ1v) is 6.21. The normalized spacial score (nSPS) is 10.8. The fourth-order valence-electron chi connectivity index (χ4n) is 2.03. The third-order valence-corrected chi connectivity index (χ3v) is 3.05. The van der Waals surface area contributed by atoms with Crippen molar-refractivity contribution < 1.29 is 13.7 Å². The summed E-state index contributed by atoms with van der Waals surface area (Å²) in [6.45, 7) is 0.0757. The Morgan fingerprint density at radius 1 is 1.23 bits per heavy atom. The van der Waals surface area contributed by atoms with E-state index >= 15 is 0 Å². The standard InChI is InChI=1S/C13H9F2N5O2/c14-10-5-9(20(21)22)6-11(15)13(10)17-7-8-1-3-16-12-2-4-18-19(8)12/h1-6,17H,7H2. The molecule has 112 valence electrons. The van der Waals surface area contributed by atoms with Gasteiger partial charge in [0, 0.05) is 12.3 Å². The average molecular weight is 305 g/mol. The lowest BCUT2D eigenvalue weighted by Crippen LogP contribution is -2.09. The van der Waals surface area contributed by atoms with Crippen LogP contribution in [0.3, 0.4) is 0 Å². The van der Waals surface area contributed by atoms with Gasteiger partial charge in [0.25, 0.3) is 5.69 Å². The van der Waals surface area contributed by atoms with E-state index in [-0.39, 0.29) is 6.54 Å². The molecule has 0 saturated heterocycles. The fourth-order valence-corrected chi connectivity index (χ4v) is 2.03. The van der Waals surface area contributed by atoms with Crippen LogP contribution in [0.1, 0.15) is 5.69 Å². The Bertz CT molecular complexity index is 842. The van der Waals surface area contributed by atoms with Crippen molar-refractivity contribution in [3.63, 3.8) is 0 Å². The molecule has 3 rings (SSSR count). The minimum absolute atomic E-state index is 0.0757. The molecule has 0 unspecified atom stereocenters. The molecule has 0 aliphatic rings. The van der Waals surface area contributed by atoms with E-state index in [2.05, 4.69) is 15.4 Å². The maximum Gasteiger partial charge on any atom is 0.275 e. The number of benzene rings is 1. The van der Waals surface area contributed by atoms with E-state index < -0.39 is 27.9 Å². The number of rotatable bonds is 4. The molecule has 3 aromatic rings. The van der Waals surface area contributed by atoms with Crippen LogP contribution in [0.4, 0.5) is 20.2 Å². The van der Waals surface area contributed by atoms with Crippen molar-refractivity contribution in [2.45, 2.75) is 6.54 Å². The van der Waals surface area contributed by atoms with Gasteiger partial charge in [0.05, 0.1) is 35.5 Å². The first-order valence-electron chi connectivity index (χ1n) is 6.21. The van der Waals surface area contributed by atoms with E-state index in [0.29, 0.717) is 23.5 Å². The van der Waals surface area contributed by atoms with Crippen LogP contribution in [0.5, 0.6) is 0 Å². The summed E-state index contributed by atoms with van der Waals surface area (Å²) in [4.78, 5) is 13.8. The predicted octanol–water partition coefficient (Wildman–Crippen LogP) is 2.53. The van der Waals surface area contributed by atoms with E-state index in [1.807, 2.05) is 0 Å². The number of halogens is 2. The second kappa shape index (κ2) is 5.35. The number of non-ortho nitro benzene ring substituents is 1. The molecule has 0 fully saturated rings. The highest BCUT2D eigenvalue weighted by Crippen LogP contribution is 2.25. The second-order valence-electron chi connectivity index (χ2n) is 4.43. The van der Waals surface area contributed by atoms with Crippen LogP contribution in [0.2, 0.25) is 0 Å². The van der Waals surface area contributed by atoms with Gasteiger partial charge in [-0.2, -0.15) is 5.10 Å². The molecule has 2 heterocycles. The molecule has 0 aliphatic carbocycles. The molecule has 0 amide bonds. The lowest BCUT2D eigenvalue weighted by atomic mass is 10.2. The van der Waals surface area contributed by atoms with Gasteiger partial charge in [-0.05, 0) is 6.07 Å². The summed E-state index contributed by atoms with van der Waals surface area (Å²) < 4.78 is 29.1. The van der Waals surface area contributed by atoms with Crippen LogP contribution >= 0.6 is 0 Å². The Labute approximate surface area is 122 Å². The summed E-state index contributed by atoms with van der Waals surface area (Å²) in [6.07, 6.45) is 3.11. The number of anilines is 1. The van der Waals surface area contributed by atoms with Gasteiger partial charge in [0.2, 0.25) is 0 Å². The van der Waals surface area contributed by atoms with Crippen LogP contribution in [0.15, 0.2) is 36.7 Å². The molecule has 2 aromatic heterocycles. The molecule has 9 heteroatoms. The zero-order valence-electron chi connectivity index (χ0n) is 11.0. The van der Waals surface area contributed by atoms with Crippen molar-refractivity contribution in [3.05, 3.63) is 64.1 Å². The minimum Gasteiger partial charge on any atom is -0.375 e. The topological polar surface area (TPSA) is 85.4 Å². The lowest BCUT2D eigenvalue weighted by molar-refractivity contribution is -0.385. The van der Waals surface area contributed by atoms with Gasteiger partial charge < -0.3 is 5.32 Å². The van der Waals surface area contributed by atoms with Crippen molar-refractivity contribution in [1.29, 1.82) is 0 Å². The summed E-state index contributed by atoms with van der Waals surface area (Å²) >= 11 is 0. The number of hydrogen-bond donors (Lipinski definition) is 1. The maximum absolute atomic E-state index is 13.8. The second-order valence-corrected chi connectivity index (χ2v) is 4.43. The van der Waals surface area contributed by atoms with Gasteiger partial charge >= 0.3 is 0 Å². The highest BCUT2D eigenvalue weighted by molar-refractivity contribution is 5.52. The minimum atomic E-state index is -1.03. The number of hydrogen-bond acceptors (Lipinski definition) is 5. The largest absolute Gasteiger partial charge is 0.375 e. The molecule has 22 heavy (non-hydrogen) atoms. The highest BCUT2D eigenvalue weighted by Gasteiger charge is 2.17. The van der Waals surface area contributed by atoms with Crippen molar-refractivity contribution in [2.24, 2.45) is 0 Å². The van der Waals surface area contributed by atoms with E-state index in [1.165, 1.54) is 4.52 Å². The third kappa shape index (κ3) is 2.43. The molecule has 1 N–H and O–H groups in total. The molecular weight excluding hydrogens is 296 g/mol. The molecule has 0 spiro atoms. The number of nitro groups is 1. The number of nitrogens with zero attached hydrogens (tertiary/aromatic N) is 4. The van der Waals surface area contributed by atoms with Crippen LogP contribution < -0.4 is 5.32 Å². The van der Waals surface area contributed by atoms with Crippen LogP contribution in [0, 0.1) is 21.7 Å². The molecular formula is C13H9F2N5O2. The molecule has 0 aliphatic heterocycles. The van der Waals surface area contributed by atoms with Crippen LogP contribution in [0.25, 0.3) is 5.65 Å². The van der Waals surface area contributed by atoms with E-state index in [0.717, 1.165) is 0 Å². The highest BCUT2D eigenvalue weighted by atomic mass is 19.1.